The molecule has 0 spiro atoms. The SMILES string of the molecule is O=C(NCc1ccccc1F)c1ccc(NCCc2ccc(Cl)cc2)cn1. The molecule has 1 aromatic heterocycles. The van der Waals surface area contributed by atoms with Crippen molar-refractivity contribution in [2.24, 2.45) is 0 Å². The zero-order valence-electron chi connectivity index (χ0n) is 14.6. The van der Waals surface area contributed by atoms with Crippen LogP contribution in [0.4, 0.5) is 10.1 Å². The molecule has 0 aliphatic rings. The molecule has 3 rings (SSSR count). The second kappa shape index (κ2) is 9.14. The predicted octanol–water partition coefficient (Wildman–Crippen LogP) is 4.46. The number of anilines is 1. The molecule has 0 bridgehead atoms. The van der Waals surface area contributed by atoms with E-state index in [2.05, 4.69) is 15.6 Å². The van der Waals surface area contributed by atoms with Crippen LogP contribution < -0.4 is 10.6 Å². The maximum absolute atomic E-state index is 13.6. The number of nitrogens with zero attached hydrogens (tertiary/aromatic N) is 1. The molecule has 0 unspecified atom stereocenters. The van der Waals surface area contributed by atoms with Crippen molar-refractivity contribution in [3.05, 3.63) is 94.5 Å². The molecule has 3 aromatic rings. The van der Waals surface area contributed by atoms with E-state index in [0.29, 0.717) is 5.56 Å². The van der Waals surface area contributed by atoms with Gasteiger partial charge < -0.3 is 10.6 Å². The molecule has 0 saturated heterocycles. The summed E-state index contributed by atoms with van der Waals surface area (Å²) in [6.07, 6.45) is 2.46. The molecule has 138 valence electrons. The summed E-state index contributed by atoms with van der Waals surface area (Å²) in [6, 6.07) is 17.5. The van der Waals surface area contributed by atoms with E-state index in [1.165, 1.54) is 11.6 Å². The summed E-state index contributed by atoms with van der Waals surface area (Å²) < 4.78 is 13.6. The molecule has 0 aliphatic carbocycles. The number of carbonyl (C=O) groups is 1. The van der Waals surface area contributed by atoms with Crippen LogP contribution in [-0.4, -0.2) is 17.4 Å². The number of pyridine rings is 1. The number of halogens is 2. The number of hydrogen-bond acceptors (Lipinski definition) is 3. The first kappa shape index (κ1) is 18.9. The van der Waals surface area contributed by atoms with Gasteiger partial charge in [-0.25, -0.2) is 9.37 Å². The fraction of sp³-hybridized carbons (Fsp3) is 0.143. The lowest BCUT2D eigenvalue weighted by Crippen LogP contribution is -2.24. The van der Waals surface area contributed by atoms with E-state index in [0.717, 1.165) is 23.7 Å². The van der Waals surface area contributed by atoms with Gasteiger partial charge in [0, 0.05) is 23.7 Å². The minimum absolute atomic E-state index is 0.119. The van der Waals surface area contributed by atoms with E-state index in [1.807, 2.05) is 24.3 Å². The number of nitrogens with one attached hydrogen (secondary N) is 2. The third-order valence-corrected chi connectivity index (χ3v) is 4.30. The van der Waals surface area contributed by atoms with E-state index in [-0.39, 0.29) is 24.0 Å². The van der Waals surface area contributed by atoms with E-state index >= 15 is 0 Å². The average Bonchev–Trinajstić information content (AvgIpc) is 2.69. The van der Waals surface area contributed by atoms with Crippen molar-refractivity contribution in [2.45, 2.75) is 13.0 Å². The largest absolute Gasteiger partial charge is 0.383 e. The summed E-state index contributed by atoms with van der Waals surface area (Å²) in [7, 11) is 0. The zero-order chi connectivity index (χ0) is 19.1. The van der Waals surface area contributed by atoms with Crippen molar-refractivity contribution in [3.63, 3.8) is 0 Å². The van der Waals surface area contributed by atoms with Gasteiger partial charge in [-0.05, 0) is 42.3 Å². The lowest BCUT2D eigenvalue weighted by atomic mass is 10.1. The third kappa shape index (κ3) is 5.53. The van der Waals surface area contributed by atoms with Crippen molar-refractivity contribution in [1.29, 1.82) is 0 Å². The van der Waals surface area contributed by atoms with E-state index in [1.54, 1.807) is 36.5 Å². The van der Waals surface area contributed by atoms with E-state index in [9.17, 15) is 9.18 Å². The first-order valence-corrected chi connectivity index (χ1v) is 8.95. The quantitative estimate of drug-likeness (QED) is 0.633. The fourth-order valence-electron chi connectivity index (χ4n) is 2.54. The number of amides is 1. The van der Waals surface area contributed by atoms with Crippen LogP contribution in [0.5, 0.6) is 0 Å². The van der Waals surface area contributed by atoms with Crippen LogP contribution in [0, 0.1) is 5.82 Å². The van der Waals surface area contributed by atoms with Gasteiger partial charge in [0.25, 0.3) is 5.91 Å². The first-order chi connectivity index (χ1) is 13.1. The summed E-state index contributed by atoms with van der Waals surface area (Å²) >= 11 is 5.87. The maximum atomic E-state index is 13.6. The van der Waals surface area contributed by atoms with Gasteiger partial charge in [0.1, 0.15) is 11.5 Å². The molecule has 1 heterocycles. The molecule has 4 nitrogen and oxygen atoms in total. The Morgan fingerprint density at radius 2 is 1.81 bits per heavy atom. The van der Waals surface area contributed by atoms with Gasteiger partial charge in [0.2, 0.25) is 0 Å². The van der Waals surface area contributed by atoms with Gasteiger partial charge in [-0.15, -0.1) is 0 Å². The summed E-state index contributed by atoms with van der Waals surface area (Å²) in [5, 5.41) is 6.66. The van der Waals surface area contributed by atoms with Crippen LogP contribution in [-0.2, 0) is 13.0 Å². The lowest BCUT2D eigenvalue weighted by molar-refractivity contribution is 0.0945. The monoisotopic (exact) mass is 383 g/mol. The zero-order valence-corrected chi connectivity index (χ0v) is 15.3. The molecule has 2 aromatic carbocycles. The van der Waals surface area contributed by atoms with Crippen molar-refractivity contribution >= 4 is 23.2 Å². The Morgan fingerprint density at radius 1 is 1.04 bits per heavy atom. The smallest absolute Gasteiger partial charge is 0.270 e. The Hall–Kier alpha value is -2.92. The Balaban J connectivity index is 1.48. The predicted molar refractivity (Wildman–Crippen MR) is 105 cm³/mol. The first-order valence-electron chi connectivity index (χ1n) is 8.58. The molecule has 27 heavy (non-hydrogen) atoms. The Morgan fingerprint density at radius 3 is 2.52 bits per heavy atom. The van der Waals surface area contributed by atoms with Crippen LogP contribution in [0.15, 0.2) is 66.9 Å². The van der Waals surface area contributed by atoms with E-state index < -0.39 is 0 Å². The Bertz CT molecular complexity index is 898. The molecule has 1 amide bonds. The molecule has 6 heteroatoms. The van der Waals surface area contributed by atoms with Gasteiger partial charge in [-0.2, -0.15) is 0 Å². The van der Waals surface area contributed by atoms with Gasteiger partial charge in [-0.1, -0.05) is 41.9 Å². The highest BCUT2D eigenvalue weighted by Gasteiger charge is 2.08. The van der Waals surface area contributed by atoms with Gasteiger partial charge in [-0.3, -0.25) is 4.79 Å². The Labute approximate surface area is 162 Å². The van der Waals surface area contributed by atoms with Gasteiger partial charge in [0.15, 0.2) is 0 Å². The van der Waals surface area contributed by atoms with Crippen molar-refractivity contribution in [2.75, 3.05) is 11.9 Å². The molecular weight excluding hydrogens is 365 g/mol. The van der Waals surface area contributed by atoms with Crippen LogP contribution in [0.3, 0.4) is 0 Å². The number of aromatic nitrogens is 1. The second-order valence-electron chi connectivity index (χ2n) is 6.01. The highest BCUT2D eigenvalue weighted by atomic mass is 35.5. The van der Waals surface area contributed by atoms with Crippen LogP contribution in [0.2, 0.25) is 5.02 Å². The van der Waals surface area contributed by atoms with Crippen molar-refractivity contribution in [1.82, 2.24) is 10.3 Å². The van der Waals surface area contributed by atoms with Gasteiger partial charge >= 0.3 is 0 Å². The number of rotatable bonds is 7. The minimum atomic E-state index is -0.342. The molecule has 0 aliphatic heterocycles. The van der Waals surface area contributed by atoms with Crippen molar-refractivity contribution in [3.8, 4) is 0 Å². The highest BCUT2D eigenvalue weighted by Crippen LogP contribution is 2.11. The normalized spacial score (nSPS) is 10.4. The molecule has 0 fully saturated rings. The van der Waals surface area contributed by atoms with Crippen LogP contribution in [0.25, 0.3) is 0 Å². The lowest BCUT2D eigenvalue weighted by Gasteiger charge is -2.08. The molecule has 0 atom stereocenters. The van der Waals surface area contributed by atoms with Crippen molar-refractivity contribution < 1.29 is 9.18 Å². The summed E-state index contributed by atoms with van der Waals surface area (Å²) in [5.41, 5.74) is 2.74. The molecule has 0 saturated carbocycles. The summed E-state index contributed by atoms with van der Waals surface area (Å²) in [6.45, 7) is 0.858. The number of carbonyl (C=O) groups excluding carboxylic acids is 1. The standard InChI is InChI=1S/C21H19ClFN3O/c22-17-7-5-15(6-8-17)11-12-24-18-9-10-20(25-14-18)21(27)26-13-16-3-1-2-4-19(16)23/h1-10,14,24H,11-13H2,(H,26,27). The van der Waals surface area contributed by atoms with E-state index in [4.69, 9.17) is 11.6 Å². The van der Waals surface area contributed by atoms with Crippen LogP contribution in [0.1, 0.15) is 21.6 Å². The molecule has 0 radical (unpaired) electrons. The number of hydrogen-bond donors (Lipinski definition) is 2. The molecular formula is C21H19ClFN3O. The highest BCUT2D eigenvalue weighted by molar-refractivity contribution is 6.30. The maximum Gasteiger partial charge on any atom is 0.270 e. The average molecular weight is 384 g/mol. The second-order valence-corrected chi connectivity index (χ2v) is 6.45. The third-order valence-electron chi connectivity index (χ3n) is 4.05. The summed E-state index contributed by atoms with van der Waals surface area (Å²) in [4.78, 5) is 16.3. The fourth-order valence-corrected chi connectivity index (χ4v) is 2.67. The Kier molecular flexibility index (Phi) is 6.39. The minimum Gasteiger partial charge on any atom is -0.383 e. The van der Waals surface area contributed by atoms with Crippen LogP contribution >= 0.6 is 11.6 Å². The topological polar surface area (TPSA) is 54.0 Å². The number of benzene rings is 2. The summed E-state index contributed by atoms with van der Waals surface area (Å²) in [5.74, 6) is -0.683. The molecule has 2 N–H and O–H groups in total. The van der Waals surface area contributed by atoms with Gasteiger partial charge in [0.05, 0.1) is 11.9 Å².